The van der Waals surface area contributed by atoms with Gasteiger partial charge in [0.15, 0.2) is 11.6 Å². The van der Waals surface area contributed by atoms with Crippen molar-refractivity contribution >= 4 is 28.3 Å². The molecule has 2 aromatic carbocycles. The van der Waals surface area contributed by atoms with Gasteiger partial charge in [-0.15, -0.1) is 12.4 Å². The van der Waals surface area contributed by atoms with Crippen molar-refractivity contribution in [1.29, 1.82) is 0 Å². The highest BCUT2D eigenvalue weighted by atomic mass is 79.9. The number of rotatable bonds is 9. The number of aliphatic hydroxyl groups is 1. The Morgan fingerprint density at radius 3 is 2.63 bits per heavy atom. The van der Waals surface area contributed by atoms with Crippen molar-refractivity contribution in [2.75, 3.05) is 46.1 Å². The van der Waals surface area contributed by atoms with Gasteiger partial charge >= 0.3 is 0 Å². The molecule has 0 saturated carbocycles. The topological polar surface area (TPSA) is 51.2 Å². The van der Waals surface area contributed by atoms with Gasteiger partial charge in [0.25, 0.3) is 0 Å². The molecule has 0 spiro atoms. The lowest BCUT2D eigenvalue weighted by Crippen LogP contribution is -2.43. The SMILES string of the molecule is Cl.OC(COCCOc1ccc(Br)cc1)CN1CCOC(c2ccc(F)c(F)c2)C1. The maximum absolute atomic E-state index is 13.5. The summed E-state index contributed by atoms with van der Waals surface area (Å²) in [5.41, 5.74) is 0.587. The van der Waals surface area contributed by atoms with Crippen molar-refractivity contribution < 1.29 is 28.1 Å². The van der Waals surface area contributed by atoms with E-state index < -0.39 is 17.7 Å². The van der Waals surface area contributed by atoms with E-state index in [1.165, 1.54) is 6.07 Å². The molecule has 1 aliphatic heterocycles. The van der Waals surface area contributed by atoms with Crippen LogP contribution < -0.4 is 4.74 Å². The van der Waals surface area contributed by atoms with Gasteiger partial charge in [0.2, 0.25) is 0 Å². The van der Waals surface area contributed by atoms with Gasteiger partial charge in [0.1, 0.15) is 12.4 Å². The maximum Gasteiger partial charge on any atom is 0.159 e. The Bertz CT molecular complexity index is 784. The molecular formula is C21H25BrClF2NO4. The summed E-state index contributed by atoms with van der Waals surface area (Å²) in [5, 5.41) is 10.2. The molecule has 0 aromatic heterocycles. The van der Waals surface area contributed by atoms with Crippen LogP contribution >= 0.6 is 28.3 Å². The quantitative estimate of drug-likeness (QED) is 0.520. The van der Waals surface area contributed by atoms with E-state index in [1.807, 2.05) is 29.2 Å². The highest BCUT2D eigenvalue weighted by Gasteiger charge is 2.24. The van der Waals surface area contributed by atoms with E-state index in [0.717, 1.165) is 22.4 Å². The van der Waals surface area contributed by atoms with Gasteiger partial charge in [-0.3, -0.25) is 4.90 Å². The molecule has 5 nitrogen and oxygen atoms in total. The van der Waals surface area contributed by atoms with Crippen LogP contribution in [0.3, 0.4) is 0 Å². The lowest BCUT2D eigenvalue weighted by molar-refractivity contribution is -0.0535. The molecular weight excluding hydrogens is 484 g/mol. The van der Waals surface area contributed by atoms with Crippen molar-refractivity contribution in [2.45, 2.75) is 12.2 Å². The Morgan fingerprint density at radius 2 is 1.90 bits per heavy atom. The second kappa shape index (κ2) is 12.5. The number of aliphatic hydroxyl groups excluding tert-OH is 1. The summed E-state index contributed by atoms with van der Waals surface area (Å²) in [6.45, 7) is 2.98. The first-order chi connectivity index (χ1) is 14.0. The number of ether oxygens (including phenoxy) is 3. The molecule has 0 bridgehead atoms. The Morgan fingerprint density at radius 1 is 1.13 bits per heavy atom. The summed E-state index contributed by atoms with van der Waals surface area (Å²) in [5.74, 6) is -1.01. The van der Waals surface area contributed by atoms with Gasteiger partial charge in [0, 0.05) is 24.1 Å². The third-order valence-corrected chi connectivity index (χ3v) is 5.08. The molecule has 1 aliphatic rings. The lowest BCUT2D eigenvalue weighted by Gasteiger charge is -2.34. The molecule has 1 saturated heterocycles. The fraction of sp³-hybridized carbons (Fsp3) is 0.429. The van der Waals surface area contributed by atoms with E-state index in [2.05, 4.69) is 15.9 Å². The molecule has 2 atom stereocenters. The Hall–Kier alpha value is -1.29. The first-order valence-electron chi connectivity index (χ1n) is 9.44. The smallest absolute Gasteiger partial charge is 0.159 e. The molecule has 0 aliphatic carbocycles. The summed E-state index contributed by atoms with van der Waals surface area (Å²) in [4.78, 5) is 2.03. The number of hydrogen-bond acceptors (Lipinski definition) is 5. The number of hydrogen-bond donors (Lipinski definition) is 1. The van der Waals surface area contributed by atoms with E-state index in [-0.39, 0.29) is 25.1 Å². The van der Waals surface area contributed by atoms with Crippen LogP contribution in [0.25, 0.3) is 0 Å². The summed E-state index contributed by atoms with van der Waals surface area (Å²) < 4.78 is 44.3. The monoisotopic (exact) mass is 507 g/mol. The fourth-order valence-corrected chi connectivity index (χ4v) is 3.37. The molecule has 2 aromatic rings. The predicted octanol–water partition coefficient (Wildman–Crippen LogP) is 3.98. The molecule has 166 valence electrons. The van der Waals surface area contributed by atoms with Gasteiger partial charge in [-0.25, -0.2) is 8.78 Å². The average molecular weight is 509 g/mol. The van der Waals surface area contributed by atoms with Crippen LogP contribution in [0.2, 0.25) is 0 Å². The van der Waals surface area contributed by atoms with Crippen LogP contribution in [0.4, 0.5) is 8.78 Å². The van der Waals surface area contributed by atoms with Crippen molar-refractivity contribution in [1.82, 2.24) is 4.90 Å². The van der Waals surface area contributed by atoms with Crippen LogP contribution in [0.15, 0.2) is 46.9 Å². The van der Waals surface area contributed by atoms with Crippen molar-refractivity contribution in [3.05, 3.63) is 64.1 Å². The van der Waals surface area contributed by atoms with E-state index in [0.29, 0.717) is 45.0 Å². The standard InChI is InChI=1S/C21H24BrF2NO4.ClH/c22-16-2-4-18(5-3-16)28-10-9-27-14-17(26)12-25-7-8-29-21(13-25)15-1-6-19(23)20(24)11-15;/h1-6,11,17,21,26H,7-10,12-14H2;1H. The van der Waals surface area contributed by atoms with Crippen LogP contribution in [-0.4, -0.2) is 62.2 Å². The maximum atomic E-state index is 13.5. The zero-order valence-corrected chi connectivity index (χ0v) is 18.7. The Labute approximate surface area is 189 Å². The summed E-state index contributed by atoms with van der Waals surface area (Å²) in [7, 11) is 0. The zero-order chi connectivity index (χ0) is 20.6. The number of halogens is 4. The predicted molar refractivity (Wildman–Crippen MR) is 115 cm³/mol. The van der Waals surface area contributed by atoms with Crippen LogP contribution in [0.1, 0.15) is 11.7 Å². The van der Waals surface area contributed by atoms with Gasteiger partial charge in [-0.05, 0) is 42.0 Å². The van der Waals surface area contributed by atoms with Gasteiger partial charge in [-0.2, -0.15) is 0 Å². The number of nitrogens with zero attached hydrogens (tertiary/aromatic N) is 1. The van der Waals surface area contributed by atoms with E-state index in [4.69, 9.17) is 14.2 Å². The number of benzene rings is 2. The minimum absolute atomic E-state index is 0. The Balaban J connectivity index is 0.00000320. The third kappa shape index (κ3) is 7.76. The van der Waals surface area contributed by atoms with Gasteiger partial charge < -0.3 is 19.3 Å². The fourth-order valence-electron chi connectivity index (χ4n) is 3.10. The summed E-state index contributed by atoms with van der Waals surface area (Å²) in [6, 6.07) is 11.3. The molecule has 1 fully saturated rings. The normalized spacial score (nSPS) is 17.9. The highest BCUT2D eigenvalue weighted by Crippen LogP contribution is 2.24. The first kappa shape index (κ1) is 25.0. The van der Waals surface area contributed by atoms with Crippen molar-refractivity contribution in [3.63, 3.8) is 0 Å². The van der Waals surface area contributed by atoms with Crippen LogP contribution in [0, 0.1) is 11.6 Å². The minimum Gasteiger partial charge on any atom is -0.491 e. The number of morpholine rings is 1. The van der Waals surface area contributed by atoms with Crippen LogP contribution in [-0.2, 0) is 9.47 Å². The van der Waals surface area contributed by atoms with E-state index in [9.17, 15) is 13.9 Å². The van der Waals surface area contributed by atoms with E-state index >= 15 is 0 Å². The van der Waals surface area contributed by atoms with Gasteiger partial charge in [-0.1, -0.05) is 22.0 Å². The second-order valence-corrected chi connectivity index (χ2v) is 7.74. The molecule has 0 amide bonds. The summed E-state index contributed by atoms with van der Waals surface area (Å²) >= 11 is 3.37. The molecule has 1 heterocycles. The van der Waals surface area contributed by atoms with Gasteiger partial charge in [0.05, 0.1) is 32.0 Å². The largest absolute Gasteiger partial charge is 0.491 e. The molecule has 1 N–H and O–H groups in total. The second-order valence-electron chi connectivity index (χ2n) is 6.82. The molecule has 3 rings (SSSR count). The van der Waals surface area contributed by atoms with Crippen molar-refractivity contribution in [3.8, 4) is 5.75 Å². The van der Waals surface area contributed by atoms with Crippen LogP contribution in [0.5, 0.6) is 5.75 Å². The molecule has 30 heavy (non-hydrogen) atoms. The molecule has 0 radical (unpaired) electrons. The number of β-amino-alcohol motifs (C(OH)–C–C–N with tert-alkyl or cyclic N) is 1. The molecule has 9 heteroatoms. The summed E-state index contributed by atoms with van der Waals surface area (Å²) in [6.07, 6.45) is -1.02. The Kier molecular flexibility index (Phi) is 10.4. The first-order valence-corrected chi connectivity index (χ1v) is 10.2. The highest BCUT2D eigenvalue weighted by molar-refractivity contribution is 9.10. The lowest BCUT2D eigenvalue weighted by atomic mass is 10.1. The van der Waals surface area contributed by atoms with E-state index in [1.54, 1.807) is 0 Å². The minimum atomic E-state index is -0.887. The zero-order valence-electron chi connectivity index (χ0n) is 16.3. The molecule has 2 unspecified atom stereocenters. The third-order valence-electron chi connectivity index (χ3n) is 4.56. The van der Waals surface area contributed by atoms with Crippen molar-refractivity contribution in [2.24, 2.45) is 0 Å². The average Bonchev–Trinajstić information content (AvgIpc) is 2.71.